The van der Waals surface area contributed by atoms with Gasteiger partial charge in [-0.2, -0.15) is 0 Å². The lowest BCUT2D eigenvalue weighted by Gasteiger charge is -2.14. The summed E-state index contributed by atoms with van der Waals surface area (Å²) in [6.07, 6.45) is 15.4. The Balaban J connectivity index is 1.59. The molecule has 3 unspecified atom stereocenters. The Kier molecular flexibility index (Phi) is 3.63. The molecule has 1 heterocycles. The average molecular weight is 194 g/mol. The van der Waals surface area contributed by atoms with Crippen LogP contribution in [0.25, 0.3) is 0 Å². The smallest absolute Gasteiger partial charge is 0.0847 e. The van der Waals surface area contributed by atoms with Crippen molar-refractivity contribution in [1.29, 1.82) is 0 Å². The van der Waals surface area contributed by atoms with Crippen LogP contribution in [0, 0.1) is 5.92 Å². The van der Waals surface area contributed by atoms with E-state index in [0.717, 1.165) is 5.92 Å². The van der Waals surface area contributed by atoms with Gasteiger partial charge in [0.1, 0.15) is 0 Å². The van der Waals surface area contributed by atoms with Gasteiger partial charge in [-0.3, -0.25) is 0 Å². The molecule has 80 valence electrons. The van der Waals surface area contributed by atoms with Crippen LogP contribution in [0.15, 0.2) is 12.2 Å². The third-order valence-electron chi connectivity index (χ3n) is 3.43. The summed E-state index contributed by atoms with van der Waals surface area (Å²) in [4.78, 5) is 0. The minimum absolute atomic E-state index is 0.633. The predicted octanol–water partition coefficient (Wildman–Crippen LogP) is 3.69. The Labute approximate surface area is 87.5 Å². The molecule has 1 aliphatic carbocycles. The summed E-state index contributed by atoms with van der Waals surface area (Å²) in [7, 11) is 0. The van der Waals surface area contributed by atoms with E-state index in [-0.39, 0.29) is 0 Å². The fourth-order valence-electron chi connectivity index (χ4n) is 2.41. The second-order valence-electron chi connectivity index (χ2n) is 4.71. The van der Waals surface area contributed by atoms with Crippen molar-refractivity contribution in [3.8, 4) is 0 Å². The summed E-state index contributed by atoms with van der Waals surface area (Å²) in [5.74, 6) is 0.820. The van der Waals surface area contributed by atoms with Crippen molar-refractivity contribution in [3.05, 3.63) is 12.2 Å². The van der Waals surface area contributed by atoms with Crippen LogP contribution < -0.4 is 0 Å². The quantitative estimate of drug-likeness (QED) is 0.369. The Hall–Kier alpha value is -0.300. The fraction of sp³-hybridized carbons (Fsp3) is 0.846. The fourth-order valence-corrected chi connectivity index (χ4v) is 2.41. The lowest BCUT2D eigenvalue weighted by molar-refractivity contribution is 0.370. The highest BCUT2D eigenvalue weighted by Gasteiger charge is 2.42. The van der Waals surface area contributed by atoms with Gasteiger partial charge in [-0.15, -0.1) is 0 Å². The van der Waals surface area contributed by atoms with Crippen LogP contribution in [-0.4, -0.2) is 12.2 Å². The van der Waals surface area contributed by atoms with E-state index >= 15 is 0 Å². The molecular weight excluding hydrogens is 172 g/mol. The van der Waals surface area contributed by atoms with Crippen molar-refractivity contribution < 1.29 is 4.74 Å². The lowest BCUT2D eigenvalue weighted by Crippen LogP contribution is -2.10. The van der Waals surface area contributed by atoms with E-state index in [9.17, 15) is 0 Å². The summed E-state index contributed by atoms with van der Waals surface area (Å²) in [5, 5.41) is 0. The molecule has 2 aliphatic rings. The monoisotopic (exact) mass is 194 g/mol. The molecule has 14 heavy (non-hydrogen) atoms. The second-order valence-corrected chi connectivity index (χ2v) is 4.71. The second kappa shape index (κ2) is 4.97. The van der Waals surface area contributed by atoms with Gasteiger partial charge >= 0.3 is 0 Å². The molecule has 1 saturated heterocycles. The third-order valence-corrected chi connectivity index (χ3v) is 3.43. The molecule has 0 amide bonds. The van der Waals surface area contributed by atoms with E-state index in [1.165, 1.54) is 44.9 Å². The summed E-state index contributed by atoms with van der Waals surface area (Å²) in [6.45, 7) is 2.26. The highest BCUT2D eigenvalue weighted by Crippen LogP contribution is 2.39. The summed E-state index contributed by atoms with van der Waals surface area (Å²) in [6, 6.07) is 0. The Morgan fingerprint density at radius 1 is 1.21 bits per heavy atom. The number of allylic oxidation sites excluding steroid dienone is 2. The number of rotatable bonds is 5. The molecular formula is C13H22O. The molecule has 0 radical (unpaired) electrons. The molecule has 0 aromatic heterocycles. The zero-order chi connectivity index (χ0) is 9.80. The van der Waals surface area contributed by atoms with E-state index in [1.54, 1.807) is 0 Å². The van der Waals surface area contributed by atoms with Crippen LogP contribution >= 0.6 is 0 Å². The molecule has 3 atom stereocenters. The van der Waals surface area contributed by atoms with E-state index in [2.05, 4.69) is 19.1 Å². The van der Waals surface area contributed by atoms with Gasteiger partial charge in [0.2, 0.25) is 0 Å². The molecule has 1 aliphatic heterocycles. The zero-order valence-corrected chi connectivity index (χ0v) is 9.24. The number of hydrogen-bond acceptors (Lipinski definition) is 1. The van der Waals surface area contributed by atoms with Crippen LogP contribution in [0.5, 0.6) is 0 Å². The average Bonchev–Trinajstić information content (AvgIpc) is 2.95. The molecule has 0 bridgehead atoms. The van der Waals surface area contributed by atoms with E-state index < -0.39 is 0 Å². The Morgan fingerprint density at radius 2 is 2.14 bits per heavy atom. The number of fused-ring (bicyclic) bond motifs is 1. The van der Waals surface area contributed by atoms with Gasteiger partial charge in [0.05, 0.1) is 12.2 Å². The van der Waals surface area contributed by atoms with Crippen LogP contribution in [0.4, 0.5) is 0 Å². The largest absolute Gasteiger partial charge is 0.370 e. The molecule has 1 heteroatoms. The Morgan fingerprint density at radius 3 is 2.93 bits per heavy atom. The van der Waals surface area contributed by atoms with E-state index in [1.807, 2.05) is 0 Å². The summed E-state index contributed by atoms with van der Waals surface area (Å²) >= 11 is 0. The van der Waals surface area contributed by atoms with Crippen molar-refractivity contribution in [3.63, 3.8) is 0 Å². The minimum atomic E-state index is 0.633. The standard InChI is InChI=1S/C13H22O/c1-2-3-4-5-6-7-11-8-9-12-13(10-11)14-12/h6-7,11-13H,2-5,8-10H2,1H3. The van der Waals surface area contributed by atoms with E-state index in [4.69, 9.17) is 4.74 Å². The maximum absolute atomic E-state index is 5.52. The van der Waals surface area contributed by atoms with Crippen LogP contribution in [0.1, 0.15) is 51.9 Å². The summed E-state index contributed by atoms with van der Waals surface area (Å²) < 4.78 is 5.52. The number of hydrogen-bond donors (Lipinski definition) is 0. The molecule has 1 saturated carbocycles. The molecule has 1 nitrogen and oxygen atoms in total. The molecule has 2 rings (SSSR count). The van der Waals surface area contributed by atoms with Crippen LogP contribution in [0.2, 0.25) is 0 Å². The first-order valence-electron chi connectivity index (χ1n) is 6.22. The molecule has 0 aromatic carbocycles. The molecule has 0 aromatic rings. The van der Waals surface area contributed by atoms with Crippen molar-refractivity contribution in [2.45, 2.75) is 64.1 Å². The van der Waals surface area contributed by atoms with Crippen molar-refractivity contribution in [1.82, 2.24) is 0 Å². The SMILES string of the molecule is CCCCCC=CC1CCC2OC2C1. The molecule has 0 spiro atoms. The Bertz CT molecular complexity index is 197. The summed E-state index contributed by atoms with van der Waals surface area (Å²) in [5.41, 5.74) is 0. The first-order valence-corrected chi connectivity index (χ1v) is 6.22. The molecule has 2 fully saturated rings. The van der Waals surface area contributed by atoms with Gasteiger partial charge in [-0.05, 0) is 38.0 Å². The van der Waals surface area contributed by atoms with E-state index in [0.29, 0.717) is 12.2 Å². The van der Waals surface area contributed by atoms with Crippen molar-refractivity contribution in [2.24, 2.45) is 5.92 Å². The highest BCUT2D eigenvalue weighted by molar-refractivity contribution is 4.99. The van der Waals surface area contributed by atoms with Crippen molar-refractivity contribution >= 4 is 0 Å². The first-order chi connectivity index (χ1) is 6.90. The van der Waals surface area contributed by atoms with Crippen LogP contribution in [0.3, 0.4) is 0 Å². The third kappa shape index (κ3) is 2.84. The van der Waals surface area contributed by atoms with Gasteiger partial charge in [0.25, 0.3) is 0 Å². The maximum Gasteiger partial charge on any atom is 0.0847 e. The zero-order valence-electron chi connectivity index (χ0n) is 9.24. The van der Waals surface area contributed by atoms with Crippen LogP contribution in [-0.2, 0) is 4.74 Å². The first kappa shape index (κ1) is 10.2. The van der Waals surface area contributed by atoms with Gasteiger partial charge in [0.15, 0.2) is 0 Å². The maximum atomic E-state index is 5.52. The van der Waals surface area contributed by atoms with Crippen molar-refractivity contribution in [2.75, 3.05) is 0 Å². The van der Waals surface area contributed by atoms with Gasteiger partial charge in [-0.1, -0.05) is 31.9 Å². The predicted molar refractivity (Wildman–Crippen MR) is 59.3 cm³/mol. The van der Waals surface area contributed by atoms with Gasteiger partial charge < -0.3 is 4.74 Å². The minimum Gasteiger partial charge on any atom is -0.370 e. The number of epoxide rings is 1. The lowest BCUT2D eigenvalue weighted by atomic mass is 9.89. The van der Waals surface area contributed by atoms with Gasteiger partial charge in [-0.25, -0.2) is 0 Å². The number of ether oxygens (including phenoxy) is 1. The topological polar surface area (TPSA) is 12.5 Å². The number of unbranched alkanes of at least 4 members (excludes halogenated alkanes) is 3. The van der Waals surface area contributed by atoms with Gasteiger partial charge in [0, 0.05) is 0 Å². The molecule has 0 N–H and O–H groups in total. The highest BCUT2D eigenvalue weighted by atomic mass is 16.6. The normalized spacial score (nSPS) is 35.9.